The molecule has 1 saturated carbocycles. The van der Waals surface area contributed by atoms with E-state index in [-0.39, 0.29) is 35.9 Å². The summed E-state index contributed by atoms with van der Waals surface area (Å²) in [5.41, 5.74) is -1.06. The lowest BCUT2D eigenvalue weighted by Gasteiger charge is -2.56. The van der Waals surface area contributed by atoms with Crippen LogP contribution in [0.2, 0.25) is 0 Å². The van der Waals surface area contributed by atoms with Crippen molar-refractivity contribution in [2.24, 2.45) is 10.8 Å². The van der Waals surface area contributed by atoms with Crippen molar-refractivity contribution in [2.45, 2.75) is 98.1 Å². The molecule has 3 rings (SSSR count). The summed E-state index contributed by atoms with van der Waals surface area (Å²) in [5, 5.41) is 0. The maximum atomic E-state index is 12.7. The molecule has 0 atom stereocenters. The quantitative estimate of drug-likeness (QED) is 0.404. The summed E-state index contributed by atoms with van der Waals surface area (Å²) in [6.07, 6.45) is 3.17. The van der Waals surface area contributed by atoms with Crippen LogP contribution in [0.5, 0.6) is 0 Å². The van der Waals surface area contributed by atoms with E-state index in [1.165, 1.54) is 0 Å². The van der Waals surface area contributed by atoms with Gasteiger partial charge in [-0.2, -0.15) is 0 Å². The van der Waals surface area contributed by atoms with Gasteiger partial charge in [-0.25, -0.2) is 0 Å². The van der Waals surface area contributed by atoms with E-state index in [1.807, 2.05) is 27.7 Å². The minimum Gasteiger partial charge on any atom is -0.462 e. The highest BCUT2D eigenvalue weighted by Crippen LogP contribution is 2.65. The third-order valence-electron chi connectivity index (χ3n) is 6.38. The number of hydrogen-bond donors (Lipinski definition) is 0. The average molecular weight is 392 g/mol. The molecular weight excluding hydrogens is 359 g/mol. The highest BCUT2D eigenvalue weighted by Gasteiger charge is 2.68. The highest BCUT2D eigenvalue weighted by molar-refractivity contribution is 6.55. The monoisotopic (exact) mass is 392 g/mol. The Bertz CT molecular complexity index is 660. The van der Waals surface area contributed by atoms with Gasteiger partial charge in [0.15, 0.2) is 5.41 Å². The molecule has 156 valence electrons. The largest absolute Gasteiger partial charge is 0.490 e. The molecule has 2 fully saturated rings. The van der Waals surface area contributed by atoms with Crippen LogP contribution in [0.1, 0.15) is 74.7 Å². The number of esters is 2. The molecule has 1 heterocycles. The Balaban J connectivity index is 1.72. The van der Waals surface area contributed by atoms with Crippen LogP contribution in [0, 0.1) is 10.8 Å². The fraction of sp³-hybridized carbons (Fsp3) is 0.810. The zero-order valence-electron chi connectivity index (χ0n) is 18.4. The van der Waals surface area contributed by atoms with Gasteiger partial charge in [-0.3, -0.25) is 9.59 Å². The van der Waals surface area contributed by atoms with E-state index < -0.39 is 17.4 Å². The topological polar surface area (TPSA) is 71.1 Å². The molecule has 0 aromatic rings. The smallest absolute Gasteiger partial charge is 0.462 e. The van der Waals surface area contributed by atoms with Gasteiger partial charge in [0.25, 0.3) is 0 Å². The summed E-state index contributed by atoms with van der Waals surface area (Å²) in [7, 11) is -0.365. The van der Waals surface area contributed by atoms with Gasteiger partial charge in [0.1, 0.15) is 0 Å². The molecule has 28 heavy (non-hydrogen) atoms. The van der Waals surface area contributed by atoms with E-state index in [1.54, 1.807) is 27.7 Å². The molecule has 3 aliphatic rings. The van der Waals surface area contributed by atoms with E-state index in [2.05, 4.69) is 6.08 Å². The van der Waals surface area contributed by atoms with Crippen molar-refractivity contribution in [2.75, 3.05) is 0 Å². The number of carbonyl (C=O) groups is 2. The minimum atomic E-state index is -1.20. The van der Waals surface area contributed by atoms with Gasteiger partial charge in [0.05, 0.1) is 23.4 Å². The summed E-state index contributed by atoms with van der Waals surface area (Å²) < 4.78 is 23.0. The molecule has 0 aromatic heterocycles. The molecule has 7 heteroatoms. The SMILES string of the molecule is CC(C)OC(=O)C1(C(=O)OC(C)C)CC2(C=C(B3OC(C)(C)C(C)(C)O3)C2)C1. The van der Waals surface area contributed by atoms with Gasteiger partial charge in [0, 0.05) is 0 Å². The Morgan fingerprint density at radius 3 is 1.68 bits per heavy atom. The van der Waals surface area contributed by atoms with Crippen LogP contribution in [0.15, 0.2) is 11.5 Å². The van der Waals surface area contributed by atoms with Gasteiger partial charge in [-0.15, -0.1) is 0 Å². The molecule has 0 unspecified atom stereocenters. The number of hydrogen-bond acceptors (Lipinski definition) is 6. The Morgan fingerprint density at radius 2 is 1.32 bits per heavy atom. The lowest BCUT2D eigenvalue weighted by molar-refractivity contribution is -0.194. The summed E-state index contributed by atoms with van der Waals surface area (Å²) in [4.78, 5) is 25.4. The van der Waals surface area contributed by atoms with Crippen molar-refractivity contribution in [1.82, 2.24) is 0 Å². The van der Waals surface area contributed by atoms with E-state index in [0.717, 1.165) is 11.9 Å². The Labute approximate surface area is 168 Å². The van der Waals surface area contributed by atoms with Crippen LogP contribution in [-0.2, 0) is 28.4 Å². The van der Waals surface area contributed by atoms with Gasteiger partial charge >= 0.3 is 19.1 Å². The molecule has 2 aliphatic carbocycles. The molecule has 1 aliphatic heterocycles. The number of allylic oxidation sites excluding steroid dienone is 2. The van der Waals surface area contributed by atoms with Crippen molar-refractivity contribution in [3.05, 3.63) is 11.5 Å². The zero-order chi connectivity index (χ0) is 21.1. The third kappa shape index (κ3) is 3.41. The van der Waals surface area contributed by atoms with Crippen LogP contribution in [0.4, 0.5) is 0 Å². The summed E-state index contributed by atoms with van der Waals surface area (Å²) >= 11 is 0. The first-order valence-electron chi connectivity index (χ1n) is 10.2. The second kappa shape index (κ2) is 6.59. The summed E-state index contributed by atoms with van der Waals surface area (Å²) in [6.45, 7) is 15.3. The molecule has 0 amide bonds. The second-order valence-corrected chi connectivity index (χ2v) is 10.2. The van der Waals surface area contributed by atoms with Crippen LogP contribution in [-0.4, -0.2) is 42.5 Å². The van der Waals surface area contributed by atoms with Crippen LogP contribution >= 0.6 is 0 Å². The van der Waals surface area contributed by atoms with E-state index >= 15 is 0 Å². The summed E-state index contributed by atoms with van der Waals surface area (Å²) in [5.74, 6) is -0.951. The van der Waals surface area contributed by atoms with Crippen LogP contribution < -0.4 is 0 Å². The second-order valence-electron chi connectivity index (χ2n) is 10.2. The molecule has 1 saturated heterocycles. The van der Waals surface area contributed by atoms with Crippen molar-refractivity contribution < 1.29 is 28.4 Å². The standard InChI is InChI=1S/C21H33BO6/c1-13(2)25-16(23)21(17(24)26-14(3)4)11-20(12-21)9-15(10-20)22-27-18(5,6)19(7,8)28-22/h9,13-14H,10-12H2,1-8H3. The number of rotatable bonds is 5. The minimum absolute atomic E-state index is 0.176. The van der Waals surface area contributed by atoms with Crippen molar-refractivity contribution in [3.63, 3.8) is 0 Å². The molecule has 0 radical (unpaired) electrons. The van der Waals surface area contributed by atoms with E-state index in [0.29, 0.717) is 12.8 Å². The molecular formula is C21H33BO6. The zero-order valence-corrected chi connectivity index (χ0v) is 18.4. The molecule has 0 aromatic carbocycles. The van der Waals surface area contributed by atoms with Crippen molar-refractivity contribution in [1.29, 1.82) is 0 Å². The number of carbonyl (C=O) groups excluding carboxylic acids is 2. The van der Waals surface area contributed by atoms with Gasteiger partial charge < -0.3 is 18.8 Å². The third-order valence-corrected chi connectivity index (χ3v) is 6.38. The first-order chi connectivity index (χ1) is 12.7. The lowest BCUT2D eigenvalue weighted by atomic mass is 9.43. The van der Waals surface area contributed by atoms with Gasteiger partial charge in [0.2, 0.25) is 0 Å². The van der Waals surface area contributed by atoms with Gasteiger partial charge in [-0.1, -0.05) is 6.08 Å². The van der Waals surface area contributed by atoms with Crippen LogP contribution in [0.3, 0.4) is 0 Å². The first-order valence-corrected chi connectivity index (χ1v) is 10.2. The van der Waals surface area contributed by atoms with E-state index in [4.69, 9.17) is 18.8 Å². The molecule has 0 N–H and O–H groups in total. The molecule has 1 spiro atoms. The van der Waals surface area contributed by atoms with Crippen molar-refractivity contribution in [3.8, 4) is 0 Å². The average Bonchev–Trinajstić information content (AvgIpc) is 2.62. The predicted molar refractivity (Wildman–Crippen MR) is 105 cm³/mol. The normalized spacial score (nSPS) is 25.9. The molecule has 0 bridgehead atoms. The molecule has 6 nitrogen and oxygen atoms in total. The Hall–Kier alpha value is -1.34. The van der Waals surface area contributed by atoms with Crippen LogP contribution in [0.25, 0.3) is 0 Å². The first kappa shape index (κ1) is 21.4. The maximum absolute atomic E-state index is 12.7. The summed E-state index contributed by atoms with van der Waals surface area (Å²) in [6, 6.07) is 0. The van der Waals surface area contributed by atoms with E-state index in [9.17, 15) is 9.59 Å². The number of ether oxygens (including phenoxy) is 2. The van der Waals surface area contributed by atoms with Crippen molar-refractivity contribution >= 4 is 19.1 Å². The Morgan fingerprint density at radius 1 is 0.929 bits per heavy atom. The van der Waals surface area contributed by atoms with Gasteiger partial charge in [-0.05, 0) is 85.5 Å². The lowest BCUT2D eigenvalue weighted by Crippen LogP contribution is -2.60. The predicted octanol–water partition coefficient (Wildman–Crippen LogP) is 3.62. The highest BCUT2D eigenvalue weighted by atomic mass is 16.7. The maximum Gasteiger partial charge on any atom is 0.490 e. The fourth-order valence-corrected chi connectivity index (χ4v) is 4.32. The fourth-order valence-electron chi connectivity index (χ4n) is 4.32. The Kier molecular flexibility index (Phi) is 5.03.